The van der Waals surface area contributed by atoms with E-state index in [9.17, 15) is 14.0 Å². The number of carbonyl (C=O) groups is 2. The van der Waals surface area contributed by atoms with Crippen LogP contribution in [0.1, 0.15) is 38.8 Å². The molecule has 1 aromatic heterocycles. The number of ether oxygens (including phenoxy) is 2. The molecule has 0 radical (unpaired) electrons. The predicted octanol–water partition coefficient (Wildman–Crippen LogP) is 5.30. The van der Waals surface area contributed by atoms with Crippen LogP contribution in [0.3, 0.4) is 0 Å². The van der Waals surface area contributed by atoms with Gasteiger partial charge in [-0.05, 0) is 51.0 Å². The molecule has 1 N–H and O–H groups in total. The Bertz CT molecular complexity index is 1100. The molecule has 0 spiro atoms. The van der Waals surface area contributed by atoms with E-state index < -0.39 is 23.8 Å². The minimum atomic E-state index is -1.02. The van der Waals surface area contributed by atoms with Gasteiger partial charge in [0.05, 0.1) is 6.61 Å². The van der Waals surface area contributed by atoms with E-state index in [0.717, 1.165) is 28.0 Å². The molecule has 0 fully saturated rings. The van der Waals surface area contributed by atoms with Crippen molar-refractivity contribution in [3.8, 4) is 0 Å². The van der Waals surface area contributed by atoms with Crippen molar-refractivity contribution in [3.05, 3.63) is 63.3 Å². The lowest BCUT2D eigenvalue weighted by molar-refractivity contribution is -0.123. The second kappa shape index (κ2) is 8.93. The standard InChI is InChI=1S/C23H24FNO4S/c1-12-9-13(2)20(14(3)10-12)25-22(26)15(4)29-23(27)21-16(11-28-5)19-17(24)7-6-8-18(19)30-21/h6-10,15H,11H2,1-5H3,(H,25,26)/t15-/m1/s1. The minimum absolute atomic E-state index is 0.0632. The van der Waals surface area contributed by atoms with Crippen molar-refractivity contribution in [1.29, 1.82) is 0 Å². The topological polar surface area (TPSA) is 64.6 Å². The molecule has 2 aromatic carbocycles. The zero-order chi connectivity index (χ0) is 22.0. The molecule has 0 saturated carbocycles. The van der Waals surface area contributed by atoms with Crippen molar-refractivity contribution < 1.29 is 23.5 Å². The van der Waals surface area contributed by atoms with E-state index >= 15 is 0 Å². The van der Waals surface area contributed by atoms with Gasteiger partial charge in [0, 0.05) is 28.4 Å². The lowest BCUT2D eigenvalue weighted by atomic mass is 10.0. The molecule has 0 aliphatic rings. The Morgan fingerprint density at radius 2 is 1.83 bits per heavy atom. The Balaban J connectivity index is 1.81. The second-order valence-corrected chi connectivity index (χ2v) is 8.32. The second-order valence-electron chi connectivity index (χ2n) is 7.27. The lowest BCUT2D eigenvalue weighted by Gasteiger charge is -2.17. The first kappa shape index (κ1) is 21.9. The smallest absolute Gasteiger partial charge is 0.349 e. The van der Waals surface area contributed by atoms with Gasteiger partial charge in [-0.15, -0.1) is 11.3 Å². The summed E-state index contributed by atoms with van der Waals surface area (Å²) < 4.78 is 25.5. The van der Waals surface area contributed by atoms with Gasteiger partial charge in [0.15, 0.2) is 6.10 Å². The maximum absolute atomic E-state index is 14.3. The van der Waals surface area contributed by atoms with Gasteiger partial charge in [0.2, 0.25) is 0 Å². The van der Waals surface area contributed by atoms with Crippen molar-refractivity contribution in [2.75, 3.05) is 12.4 Å². The molecule has 30 heavy (non-hydrogen) atoms. The van der Waals surface area contributed by atoms with Gasteiger partial charge in [0.1, 0.15) is 10.7 Å². The Hall–Kier alpha value is -2.77. The Kier molecular flexibility index (Phi) is 6.53. The van der Waals surface area contributed by atoms with E-state index in [2.05, 4.69) is 5.32 Å². The minimum Gasteiger partial charge on any atom is -0.448 e. The average Bonchev–Trinajstić information content (AvgIpc) is 3.04. The number of anilines is 1. The fourth-order valence-electron chi connectivity index (χ4n) is 3.48. The summed E-state index contributed by atoms with van der Waals surface area (Å²) in [7, 11) is 1.47. The van der Waals surface area contributed by atoms with Crippen LogP contribution in [-0.2, 0) is 20.9 Å². The maximum Gasteiger partial charge on any atom is 0.349 e. The van der Waals surface area contributed by atoms with Crippen LogP contribution in [0.25, 0.3) is 10.1 Å². The van der Waals surface area contributed by atoms with Crippen molar-refractivity contribution in [2.45, 2.75) is 40.4 Å². The number of carbonyl (C=O) groups excluding carboxylic acids is 2. The molecule has 0 unspecified atom stereocenters. The molecule has 0 saturated heterocycles. The molecule has 3 aromatic rings. The highest BCUT2D eigenvalue weighted by atomic mass is 32.1. The van der Waals surface area contributed by atoms with Crippen LogP contribution in [0.2, 0.25) is 0 Å². The van der Waals surface area contributed by atoms with Gasteiger partial charge in [-0.1, -0.05) is 23.8 Å². The number of fused-ring (bicyclic) bond motifs is 1. The number of halogens is 1. The first-order valence-electron chi connectivity index (χ1n) is 9.51. The number of nitrogens with one attached hydrogen (secondary N) is 1. The summed E-state index contributed by atoms with van der Waals surface area (Å²) in [5, 5.41) is 3.19. The molecule has 0 bridgehead atoms. The van der Waals surface area contributed by atoms with E-state index in [4.69, 9.17) is 9.47 Å². The van der Waals surface area contributed by atoms with Crippen LogP contribution in [0.15, 0.2) is 30.3 Å². The molecule has 3 rings (SSSR count). The zero-order valence-corrected chi connectivity index (χ0v) is 18.4. The number of benzene rings is 2. The molecular formula is C23H24FNO4S. The van der Waals surface area contributed by atoms with Crippen LogP contribution in [-0.4, -0.2) is 25.1 Å². The summed E-state index contributed by atoms with van der Waals surface area (Å²) in [5.74, 6) is -1.53. The molecule has 1 atom stereocenters. The third-order valence-corrected chi connectivity index (χ3v) is 5.99. The third kappa shape index (κ3) is 4.37. The summed E-state index contributed by atoms with van der Waals surface area (Å²) in [4.78, 5) is 25.7. The predicted molar refractivity (Wildman–Crippen MR) is 117 cm³/mol. The highest BCUT2D eigenvalue weighted by molar-refractivity contribution is 7.21. The van der Waals surface area contributed by atoms with Gasteiger partial charge < -0.3 is 14.8 Å². The number of hydrogen-bond acceptors (Lipinski definition) is 5. The highest BCUT2D eigenvalue weighted by Gasteiger charge is 2.26. The van der Waals surface area contributed by atoms with Crippen molar-refractivity contribution >= 4 is 39.0 Å². The van der Waals surface area contributed by atoms with E-state index in [-0.39, 0.29) is 11.5 Å². The molecule has 5 nitrogen and oxygen atoms in total. The first-order valence-corrected chi connectivity index (χ1v) is 10.3. The van der Waals surface area contributed by atoms with Crippen molar-refractivity contribution in [3.63, 3.8) is 0 Å². The van der Waals surface area contributed by atoms with E-state index in [0.29, 0.717) is 21.3 Å². The number of rotatable bonds is 6. The Labute approximate surface area is 178 Å². The number of hydrogen-bond donors (Lipinski definition) is 1. The maximum atomic E-state index is 14.3. The quantitative estimate of drug-likeness (QED) is 0.541. The molecule has 1 amide bonds. The number of esters is 1. The third-order valence-electron chi connectivity index (χ3n) is 4.82. The SMILES string of the molecule is COCc1c(C(=O)O[C@H](C)C(=O)Nc2c(C)cc(C)cc2C)sc2cccc(F)c12. The Morgan fingerprint density at radius 3 is 2.47 bits per heavy atom. The summed E-state index contributed by atoms with van der Waals surface area (Å²) in [6.07, 6.45) is -1.02. The zero-order valence-electron chi connectivity index (χ0n) is 17.6. The van der Waals surface area contributed by atoms with Crippen LogP contribution in [0.4, 0.5) is 10.1 Å². The van der Waals surface area contributed by atoms with Crippen LogP contribution < -0.4 is 5.32 Å². The van der Waals surface area contributed by atoms with Gasteiger partial charge in [-0.3, -0.25) is 4.79 Å². The highest BCUT2D eigenvalue weighted by Crippen LogP contribution is 2.34. The fourth-order valence-corrected chi connectivity index (χ4v) is 4.59. The van der Waals surface area contributed by atoms with Crippen LogP contribution in [0.5, 0.6) is 0 Å². The number of thiophene rings is 1. The summed E-state index contributed by atoms with van der Waals surface area (Å²) in [6.45, 7) is 7.38. The lowest BCUT2D eigenvalue weighted by Crippen LogP contribution is -2.30. The van der Waals surface area contributed by atoms with E-state index in [1.807, 2.05) is 32.9 Å². The van der Waals surface area contributed by atoms with Gasteiger partial charge in [-0.2, -0.15) is 0 Å². The van der Waals surface area contributed by atoms with E-state index in [1.54, 1.807) is 12.1 Å². The summed E-state index contributed by atoms with van der Waals surface area (Å²) >= 11 is 1.12. The summed E-state index contributed by atoms with van der Waals surface area (Å²) in [6, 6.07) is 8.61. The van der Waals surface area contributed by atoms with Crippen molar-refractivity contribution in [1.82, 2.24) is 0 Å². The number of amides is 1. The largest absolute Gasteiger partial charge is 0.448 e. The first-order chi connectivity index (χ1) is 14.2. The molecule has 158 valence electrons. The fraction of sp³-hybridized carbons (Fsp3) is 0.304. The molecule has 0 aliphatic heterocycles. The van der Waals surface area contributed by atoms with E-state index in [1.165, 1.54) is 20.1 Å². The van der Waals surface area contributed by atoms with Crippen molar-refractivity contribution in [2.24, 2.45) is 0 Å². The number of aryl methyl sites for hydroxylation is 3. The normalized spacial score (nSPS) is 12.1. The summed E-state index contributed by atoms with van der Waals surface area (Å²) in [5.41, 5.74) is 4.10. The monoisotopic (exact) mass is 429 g/mol. The van der Waals surface area contributed by atoms with Crippen LogP contribution in [0, 0.1) is 26.6 Å². The van der Waals surface area contributed by atoms with Gasteiger partial charge in [-0.25, -0.2) is 9.18 Å². The molecular weight excluding hydrogens is 405 g/mol. The Morgan fingerprint density at radius 1 is 1.17 bits per heavy atom. The molecule has 0 aliphatic carbocycles. The number of methoxy groups -OCH3 is 1. The average molecular weight is 430 g/mol. The molecule has 7 heteroatoms. The van der Waals surface area contributed by atoms with Gasteiger partial charge in [0.25, 0.3) is 5.91 Å². The van der Waals surface area contributed by atoms with Gasteiger partial charge >= 0.3 is 5.97 Å². The molecule has 1 heterocycles. The van der Waals surface area contributed by atoms with Crippen LogP contribution >= 0.6 is 11.3 Å².